The first-order chi connectivity index (χ1) is 15.9. The Labute approximate surface area is 195 Å². The van der Waals surface area contributed by atoms with Crippen molar-refractivity contribution in [3.05, 3.63) is 53.2 Å². The predicted octanol–water partition coefficient (Wildman–Crippen LogP) is 4.79. The summed E-state index contributed by atoms with van der Waals surface area (Å²) in [7, 11) is 4.59. The molecule has 1 aliphatic heterocycles. The summed E-state index contributed by atoms with van der Waals surface area (Å²) in [5, 5.41) is 3.17. The molecule has 2 aromatic carbocycles. The number of nitrogens with zero attached hydrogens (tertiary/aromatic N) is 1. The standard InChI is InChI=1S/C26H32N2O5/c1-6-7-8-9-14-28-25(29)22(18-12-10-17(2)11-13-18)23(26(28)30)27-19-15-20(31-3)24(33-5)21(16-19)32-4/h10-13,15-16,27H,6-9,14H2,1-5H3. The summed E-state index contributed by atoms with van der Waals surface area (Å²) in [4.78, 5) is 28.1. The minimum atomic E-state index is -0.333. The molecule has 0 aliphatic carbocycles. The van der Waals surface area contributed by atoms with Crippen LogP contribution in [-0.4, -0.2) is 44.6 Å². The topological polar surface area (TPSA) is 77.1 Å². The van der Waals surface area contributed by atoms with E-state index in [0.717, 1.165) is 31.2 Å². The van der Waals surface area contributed by atoms with E-state index in [9.17, 15) is 9.59 Å². The zero-order valence-corrected chi connectivity index (χ0v) is 20.0. The molecule has 3 rings (SSSR count). The molecular formula is C26H32N2O5. The SMILES string of the molecule is CCCCCCN1C(=O)C(Nc2cc(OC)c(OC)c(OC)c2)=C(c2ccc(C)cc2)C1=O. The summed E-state index contributed by atoms with van der Waals surface area (Å²) < 4.78 is 16.2. The summed E-state index contributed by atoms with van der Waals surface area (Å²) in [5.41, 5.74) is 2.94. The molecule has 7 heteroatoms. The van der Waals surface area contributed by atoms with Gasteiger partial charge < -0.3 is 19.5 Å². The van der Waals surface area contributed by atoms with E-state index in [-0.39, 0.29) is 17.5 Å². The number of nitrogens with one attached hydrogen (secondary N) is 1. The highest BCUT2D eigenvalue weighted by Crippen LogP contribution is 2.41. The van der Waals surface area contributed by atoms with Crippen molar-refractivity contribution in [1.29, 1.82) is 0 Å². The third-order valence-corrected chi connectivity index (χ3v) is 5.68. The van der Waals surface area contributed by atoms with E-state index in [1.807, 2.05) is 31.2 Å². The molecule has 0 spiro atoms. The molecule has 7 nitrogen and oxygen atoms in total. The molecule has 0 bridgehead atoms. The molecule has 0 aromatic heterocycles. The van der Waals surface area contributed by atoms with Crippen molar-refractivity contribution in [3.63, 3.8) is 0 Å². The lowest BCUT2D eigenvalue weighted by atomic mass is 10.0. The number of hydrogen-bond acceptors (Lipinski definition) is 6. The van der Waals surface area contributed by atoms with Crippen LogP contribution in [0.5, 0.6) is 17.2 Å². The number of methoxy groups -OCH3 is 3. The number of imide groups is 1. The number of benzene rings is 2. The van der Waals surface area contributed by atoms with Crippen molar-refractivity contribution in [2.45, 2.75) is 39.5 Å². The van der Waals surface area contributed by atoms with E-state index >= 15 is 0 Å². The Morgan fingerprint density at radius 2 is 1.48 bits per heavy atom. The van der Waals surface area contributed by atoms with Crippen molar-refractivity contribution >= 4 is 23.1 Å². The molecular weight excluding hydrogens is 420 g/mol. The first kappa shape index (κ1) is 24.2. The Bertz CT molecular complexity index is 1020. The van der Waals surface area contributed by atoms with Gasteiger partial charge in [0.1, 0.15) is 5.70 Å². The molecule has 1 heterocycles. The number of rotatable bonds is 11. The second-order valence-electron chi connectivity index (χ2n) is 7.98. The van der Waals surface area contributed by atoms with Crippen LogP contribution >= 0.6 is 0 Å². The summed E-state index contributed by atoms with van der Waals surface area (Å²) in [5.74, 6) is 0.732. The summed E-state index contributed by atoms with van der Waals surface area (Å²) in [6, 6.07) is 11.0. The van der Waals surface area contributed by atoms with Crippen LogP contribution < -0.4 is 19.5 Å². The molecule has 0 radical (unpaired) electrons. The van der Waals surface area contributed by atoms with Crippen molar-refractivity contribution in [3.8, 4) is 17.2 Å². The Hall–Kier alpha value is -3.48. The maximum atomic E-state index is 13.4. The average molecular weight is 453 g/mol. The van der Waals surface area contributed by atoms with Gasteiger partial charge in [-0.2, -0.15) is 0 Å². The van der Waals surface area contributed by atoms with Crippen molar-refractivity contribution < 1.29 is 23.8 Å². The predicted molar refractivity (Wildman–Crippen MR) is 129 cm³/mol. The van der Waals surface area contributed by atoms with Crippen molar-refractivity contribution in [1.82, 2.24) is 4.90 Å². The molecule has 2 aromatic rings. The minimum Gasteiger partial charge on any atom is -0.493 e. The van der Waals surface area contributed by atoms with Crippen LogP contribution in [0, 0.1) is 6.92 Å². The van der Waals surface area contributed by atoms with E-state index < -0.39 is 0 Å². The molecule has 0 unspecified atom stereocenters. The second kappa shape index (κ2) is 10.9. The highest BCUT2D eigenvalue weighted by Gasteiger charge is 2.39. The van der Waals surface area contributed by atoms with E-state index in [1.165, 1.54) is 26.2 Å². The second-order valence-corrected chi connectivity index (χ2v) is 7.98. The maximum Gasteiger partial charge on any atom is 0.278 e. The van der Waals surface area contributed by atoms with Gasteiger partial charge in [0, 0.05) is 24.4 Å². The first-order valence-electron chi connectivity index (χ1n) is 11.2. The van der Waals surface area contributed by atoms with E-state index in [0.29, 0.717) is 40.6 Å². The monoisotopic (exact) mass is 452 g/mol. The minimum absolute atomic E-state index is 0.244. The number of ether oxygens (including phenoxy) is 3. The lowest BCUT2D eigenvalue weighted by Crippen LogP contribution is -2.33. The van der Waals surface area contributed by atoms with E-state index in [4.69, 9.17) is 14.2 Å². The van der Waals surface area contributed by atoms with Gasteiger partial charge in [-0.3, -0.25) is 14.5 Å². The fraction of sp³-hybridized carbons (Fsp3) is 0.385. The van der Waals surface area contributed by atoms with Crippen LogP contribution in [0.3, 0.4) is 0 Å². The molecule has 1 N–H and O–H groups in total. The van der Waals surface area contributed by atoms with Crippen LogP contribution in [0.15, 0.2) is 42.1 Å². The number of hydrogen-bond donors (Lipinski definition) is 1. The fourth-order valence-electron chi connectivity index (χ4n) is 3.88. The molecule has 0 atom stereocenters. The average Bonchev–Trinajstić information content (AvgIpc) is 3.05. The number of anilines is 1. The van der Waals surface area contributed by atoms with E-state index in [1.54, 1.807) is 12.1 Å². The maximum absolute atomic E-state index is 13.4. The van der Waals surface area contributed by atoms with Crippen molar-refractivity contribution in [2.75, 3.05) is 33.2 Å². The van der Waals surface area contributed by atoms with Crippen LogP contribution in [-0.2, 0) is 9.59 Å². The highest BCUT2D eigenvalue weighted by molar-refractivity contribution is 6.36. The molecule has 176 valence electrons. The van der Waals surface area contributed by atoms with Gasteiger partial charge in [0.25, 0.3) is 11.8 Å². The van der Waals surface area contributed by atoms with Gasteiger partial charge in [-0.25, -0.2) is 0 Å². The Balaban J connectivity index is 2.02. The van der Waals surface area contributed by atoms with Crippen LogP contribution in [0.25, 0.3) is 5.57 Å². The zero-order chi connectivity index (χ0) is 24.0. The van der Waals surface area contributed by atoms with Crippen LogP contribution in [0.1, 0.15) is 43.7 Å². The summed E-state index contributed by atoms with van der Waals surface area (Å²) >= 11 is 0. The third kappa shape index (κ3) is 5.13. The number of carbonyl (C=O) groups excluding carboxylic acids is 2. The quantitative estimate of drug-likeness (QED) is 0.390. The van der Waals surface area contributed by atoms with Gasteiger partial charge in [-0.05, 0) is 18.9 Å². The number of carbonyl (C=O) groups is 2. The Morgan fingerprint density at radius 1 is 0.848 bits per heavy atom. The number of amides is 2. The Morgan fingerprint density at radius 3 is 2.03 bits per heavy atom. The van der Waals surface area contributed by atoms with Gasteiger partial charge in [0.15, 0.2) is 11.5 Å². The molecule has 2 amide bonds. The lowest BCUT2D eigenvalue weighted by Gasteiger charge is -2.16. The Kier molecular flexibility index (Phi) is 7.98. The molecule has 33 heavy (non-hydrogen) atoms. The summed E-state index contributed by atoms with van der Waals surface area (Å²) in [6.07, 6.45) is 3.92. The molecule has 0 saturated heterocycles. The molecule has 0 saturated carbocycles. The molecule has 1 aliphatic rings. The lowest BCUT2D eigenvalue weighted by molar-refractivity contribution is -0.136. The van der Waals surface area contributed by atoms with Crippen LogP contribution in [0.2, 0.25) is 0 Å². The zero-order valence-electron chi connectivity index (χ0n) is 20.0. The van der Waals surface area contributed by atoms with Gasteiger partial charge in [-0.15, -0.1) is 0 Å². The van der Waals surface area contributed by atoms with Crippen LogP contribution in [0.4, 0.5) is 5.69 Å². The summed E-state index contributed by atoms with van der Waals surface area (Å²) in [6.45, 7) is 4.50. The van der Waals surface area contributed by atoms with Gasteiger partial charge in [-0.1, -0.05) is 56.0 Å². The third-order valence-electron chi connectivity index (χ3n) is 5.68. The molecule has 0 fully saturated rings. The smallest absolute Gasteiger partial charge is 0.278 e. The van der Waals surface area contributed by atoms with Gasteiger partial charge >= 0.3 is 0 Å². The number of aryl methyl sites for hydroxylation is 1. The largest absolute Gasteiger partial charge is 0.493 e. The van der Waals surface area contributed by atoms with Gasteiger partial charge in [0.05, 0.1) is 26.9 Å². The van der Waals surface area contributed by atoms with E-state index in [2.05, 4.69) is 12.2 Å². The van der Waals surface area contributed by atoms with Gasteiger partial charge in [0.2, 0.25) is 5.75 Å². The fourth-order valence-corrected chi connectivity index (χ4v) is 3.88. The van der Waals surface area contributed by atoms with Crippen molar-refractivity contribution in [2.24, 2.45) is 0 Å². The normalized spacial score (nSPS) is 13.5. The highest BCUT2D eigenvalue weighted by atomic mass is 16.5. The number of unbranched alkanes of at least 4 members (excludes halogenated alkanes) is 3. The first-order valence-corrected chi connectivity index (χ1v) is 11.2.